The maximum Gasteiger partial charge on any atom is 0.0458 e. The summed E-state index contributed by atoms with van der Waals surface area (Å²) in [6.45, 7) is 4.53. The molecule has 1 unspecified atom stereocenters. The molecule has 1 aromatic heterocycles. The molecule has 1 atom stereocenters. The van der Waals surface area contributed by atoms with Crippen molar-refractivity contribution in [2.24, 2.45) is 0 Å². The number of hydrogen-bond donors (Lipinski definition) is 1. The van der Waals surface area contributed by atoms with E-state index in [1.54, 1.807) is 0 Å². The molecule has 1 heterocycles. The standard InChI is InChI=1S/C19H21N/c1-14(12-13-16-8-4-3-5-9-16)19-15(2)20-18-11-7-6-10-17(18)19/h3-11,14,20H,12-13H2,1-2H3. The second kappa shape index (κ2) is 5.54. The molecular weight excluding hydrogens is 242 g/mol. The highest BCUT2D eigenvalue weighted by molar-refractivity contribution is 5.85. The predicted octanol–water partition coefficient (Wildman–Crippen LogP) is 5.21. The van der Waals surface area contributed by atoms with E-state index in [0.717, 1.165) is 6.42 Å². The van der Waals surface area contributed by atoms with E-state index in [4.69, 9.17) is 0 Å². The van der Waals surface area contributed by atoms with Gasteiger partial charge in [0.1, 0.15) is 0 Å². The number of hydrogen-bond acceptors (Lipinski definition) is 0. The van der Waals surface area contributed by atoms with Gasteiger partial charge in [0.05, 0.1) is 0 Å². The molecule has 1 N–H and O–H groups in total. The van der Waals surface area contributed by atoms with Crippen LogP contribution < -0.4 is 0 Å². The van der Waals surface area contributed by atoms with Gasteiger partial charge >= 0.3 is 0 Å². The monoisotopic (exact) mass is 263 g/mol. The number of benzene rings is 2. The lowest BCUT2D eigenvalue weighted by Gasteiger charge is -2.12. The van der Waals surface area contributed by atoms with Crippen LogP contribution in [-0.2, 0) is 6.42 Å². The zero-order valence-electron chi connectivity index (χ0n) is 12.2. The van der Waals surface area contributed by atoms with Gasteiger partial charge in [-0.15, -0.1) is 0 Å². The third-order valence-electron chi connectivity index (χ3n) is 4.15. The lowest BCUT2D eigenvalue weighted by molar-refractivity contribution is 0.680. The van der Waals surface area contributed by atoms with E-state index in [9.17, 15) is 0 Å². The Bertz CT molecular complexity index is 694. The van der Waals surface area contributed by atoms with Crippen LogP contribution in [0.1, 0.15) is 36.1 Å². The molecule has 3 aromatic rings. The summed E-state index contributed by atoms with van der Waals surface area (Å²) >= 11 is 0. The molecule has 0 fully saturated rings. The van der Waals surface area contributed by atoms with Crippen LogP contribution >= 0.6 is 0 Å². The first kappa shape index (κ1) is 13.0. The van der Waals surface area contributed by atoms with Crippen LogP contribution in [0.15, 0.2) is 54.6 Å². The van der Waals surface area contributed by atoms with Gasteiger partial charge in [0.2, 0.25) is 0 Å². The molecule has 1 nitrogen and oxygen atoms in total. The van der Waals surface area contributed by atoms with Gasteiger partial charge in [0.25, 0.3) is 0 Å². The molecule has 20 heavy (non-hydrogen) atoms. The minimum absolute atomic E-state index is 0.575. The Morgan fingerprint density at radius 3 is 2.45 bits per heavy atom. The van der Waals surface area contributed by atoms with E-state index in [2.05, 4.69) is 73.4 Å². The highest BCUT2D eigenvalue weighted by Gasteiger charge is 2.14. The molecule has 0 bridgehead atoms. The van der Waals surface area contributed by atoms with Crippen LogP contribution in [0.3, 0.4) is 0 Å². The van der Waals surface area contributed by atoms with E-state index in [0.29, 0.717) is 5.92 Å². The van der Waals surface area contributed by atoms with E-state index in [-0.39, 0.29) is 0 Å². The number of aryl methyl sites for hydroxylation is 2. The number of fused-ring (bicyclic) bond motifs is 1. The average molecular weight is 263 g/mol. The third-order valence-corrected chi connectivity index (χ3v) is 4.15. The molecular formula is C19H21N. The van der Waals surface area contributed by atoms with Gasteiger partial charge in [-0.1, -0.05) is 55.5 Å². The summed E-state index contributed by atoms with van der Waals surface area (Å²) in [6.07, 6.45) is 2.33. The Balaban J connectivity index is 1.82. The molecule has 1 heteroatoms. The molecule has 0 spiro atoms. The van der Waals surface area contributed by atoms with Crippen molar-refractivity contribution in [1.29, 1.82) is 0 Å². The van der Waals surface area contributed by atoms with Crippen LogP contribution in [0.4, 0.5) is 0 Å². The van der Waals surface area contributed by atoms with Gasteiger partial charge < -0.3 is 4.98 Å². The fourth-order valence-corrected chi connectivity index (χ4v) is 3.11. The predicted molar refractivity (Wildman–Crippen MR) is 86.2 cm³/mol. The van der Waals surface area contributed by atoms with Crippen molar-refractivity contribution in [3.05, 3.63) is 71.4 Å². The van der Waals surface area contributed by atoms with Gasteiger partial charge in [-0.3, -0.25) is 0 Å². The topological polar surface area (TPSA) is 15.8 Å². The normalized spacial score (nSPS) is 12.7. The maximum atomic E-state index is 3.51. The molecule has 0 aliphatic heterocycles. The first-order valence-electron chi connectivity index (χ1n) is 7.37. The smallest absolute Gasteiger partial charge is 0.0458 e. The molecule has 3 rings (SSSR count). The summed E-state index contributed by atoms with van der Waals surface area (Å²) in [4.78, 5) is 3.51. The average Bonchev–Trinajstić information content (AvgIpc) is 2.82. The first-order valence-corrected chi connectivity index (χ1v) is 7.37. The highest BCUT2D eigenvalue weighted by Crippen LogP contribution is 2.31. The fraction of sp³-hybridized carbons (Fsp3) is 0.263. The number of nitrogens with one attached hydrogen (secondary N) is 1. The van der Waals surface area contributed by atoms with Crippen molar-refractivity contribution in [2.45, 2.75) is 32.6 Å². The largest absolute Gasteiger partial charge is 0.358 e. The zero-order valence-corrected chi connectivity index (χ0v) is 12.2. The van der Waals surface area contributed by atoms with E-state index in [1.165, 1.54) is 34.1 Å². The third kappa shape index (κ3) is 2.49. The second-order valence-corrected chi connectivity index (χ2v) is 5.63. The van der Waals surface area contributed by atoms with E-state index >= 15 is 0 Å². The Labute approximate surface area is 120 Å². The summed E-state index contributed by atoms with van der Waals surface area (Å²) in [6, 6.07) is 19.4. The SMILES string of the molecule is Cc1[nH]c2ccccc2c1C(C)CCc1ccccc1. The van der Waals surface area contributed by atoms with Gasteiger partial charge in [-0.2, -0.15) is 0 Å². The molecule has 0 saturated heterocycles. The second-order valence-electron chi connectivity index (χ2n) is 5.63. The molecule has 0 amide bonds. The zero-order chi connectivity index (χ0) is 13.9. The molecule has 0 aliphatic carbocycles. The number of aromatic amines is 1. The van der Waals surface area contributed by atoms with Crippen molar-refractivity contribution in [3.63, 3.8) is 0 Å². The number of rotatable bonds is 4. The molecule has 2 aromatic carbocycles. The molecule has 0 aliphatic rings. The summed E-state index contributed by atoms with van der Waals surface area (Å²) in [5.41, 5.74) is 5.48. The van der Waals surface area contributed by atoms with E-state index in [1.807, 2.05) is 0 Å². The van der Waals surface area contributed by atoms with Crippen molar-refractivity contribution in [3.8, 4) is 0 Å². The highest BCUT2D eigenvalue weighted by atomic mass is 14.7. The minimum Gasteiger partial charge on any atom is -0.358 e. The molecule has 102 valence electrons. The quantitative estimate of drug-likeness (QED) is 0.665. The van der Waals surface area contributed by atoms with Gasteiger partial charge in [0.15, 0.2) is 0 Å². The van der Waals surface area contributed by atoms with Gasteiger partial charge in [-0.25, -0.2) is 0 Å². The lowest BCUT2D eigenvalue weighted by atomic mass is 9.92. The van der Waals surface area contributed by atoms with Crippen molar-refractivity contribution in [2.75, 3.05) is 0 Å². The Morgan fingerprint density at radius 2 is 1.65 bits per heavy atom. The summed E-state index contributed by atoms with van der Waals surface area (Å²) < 4.78 is 0. The van der Waals surface area contributed by atoms with Crippen LogP contribution in [0, 0.1) is 6.92 Å². The summed E-state index contributed by atoms with van der Waals surface area (Å²) in [5.74, 6) is 0.575. The van der Waals surface area contributed by atoms with Crippen LogP contribution in [0.5, 0.6) is 0 Å². The van der Waals surface area contributed by atoms with Crippen LogP contribution in [0.2, 0.25) is 0 Å². The Kier molecular flexibility index (Phi) is 3.60. The Morgan fingerprint density at radius 1 is 0.950 bits per heavy atom. The first-order chi connectivity index (χ1) is 9.75. The summed E-state index contributed by atoms with van der Waals surface area (Å²) in [7, 11) is 0. The number of aromatic nitrogens is 1. The number of para-hydroxylation sites is 1. The molecule has 0 radical (unpaired) electrons. The fourth-order valence-electron chi connectivity index (χ4n) is 3.11. The van der Waals surface area contributed by atoms with Gasteiger partial charge in [-0.05, 0) is 42.9 Å². The molecule has 0 saturated carbocycles. The number of H-pyrrole nitrogens is 1. The van der Waals surface area contributed by atoms with Crippen molar-refractivity contribution in [1.82, 2.24) is 4.98 Å². The summed E-state index contributed by atoms with van der Waals surface area (Å²) in [5, 5.41) is 1.38. The maximum absolute atomic E-state index is 3.51. The van der Waals surface area contributed by atoms with Crippen molar-refractivity contribution < 1.29 is 0 Å². The van der Waals surface area contributed by atoms with Crippen LogP contribution in [0.25, 0.3) is 10.9 Å². The van der Waals surface area contributed by atoms with E-state index < -0.39 is 0 Å². The van der Waals surface area contributed by atoms with Crippen LogP contribution in [-0.4, -0.2) is 4.98 Å². The minimum atomic E-state index is 0.575. The van der Waals surface area contributed by atoms with Crippen molar-refractivity contribution >= 4 is 10.9 Å². The van der Waals surface area contributed by atoms with Gasteiger partial charge in [0, 0.05) is 16.6 Å². The lowest BCUT2D eigenvalue weighted by Crippen LogP contribution is -1.97. The Hall–Kier alpha value is -2.02.